The number of benzene rings is 1. The zero-order valence-electron chi connectivity index (χ0n) is 12.9. The zero-order chi connectivity index (χ0) is 15.5. The van der Waals surface area contributed by atoms with Crippen LogP contribution in [0.1, 0.15) is 23.2 Å². The minimum atomic E-state index is -0.195. The monoisotopic (exact) mass is 296 g/mol. The Balaban J connectivity index is 1.63. The second-order valence-electron chi connectivity index (χ2n) is 5.78. The lowest BCUT2D eigenvalue weighted by Gasteiger charge is -2.17. The number of carbonyl (C=O) groups is 1. The lowest BCUT2D eigenvalue weighted by molar-refractivity contribution is -0.128. The number of rotatable bonds is 4. The second-order valence-corrected chi connectivity index (χ2v) is 5.78. The third-order valence-electron chi connectivity index (χ3n) is 3.92. The molecule has 0 radical (unpaired) electrons. The van der Waals surface area contributed by atoms with Crippen LogP contribution >= 0.6 is 0 Å². The topological polar surface area (TPSA) is 58.1 Å². The third kappa shape index (κ3) is 3.24. The van der Waals surface area contributed by atoms with Gasteiger partial charge in [-0.3, -0.25) is 4.79 Å². The zero-order valence-corrected chi connectivity index (χ0v) is 12.9. The first kappa shape index (κ1) is 14.5. The van der Waals surface area contributed by atoms with E-state index in [-0.39, 0.29) is 11.9 Å². The number of hydrogen-bond acceptors (Lipinski definition) is 4. The van der Waals surface area contributed by atoms with Crippen LogP contribution in [0.3, 0.4) is 0 Å². The summed E-state index contributed by atoms with van der Waals surface area (Å²) >= 11 is 0. The second kappa shape index (κ2) is 6.13. The molecule has 1 unspecified atom stereocenters. The molecular formula is C17H20N4O. The summed E-state index contributed by atoms with van der Waals surface area (Å²) in [6.07, 6.45) is 2.31. The van der Waals surface area contributed by atoms with Crippen molar-refractivity contribution in [3.63, 3.8) is 0 Å². The number of aryl methyl sites for hydroxylation is 2. The van der Waals surface area contributed by atoms with Crippen LogP contribution in [-0.4, -0.2) is 33.4 Å². The molecule has 2 heterocycles. The van der Waals surface area contributed by atoms with E-state index in [1.54, 1.807) is 0 Å². The van der Waals surface area contributed by atoms with E-state index >= 15 is 0 Å². The van der Waals surface area contributed by atoms with Gasteiger partial charge in [0.05, 0.1) is 0 Å². The SMILES string of the molecule is Cc1ccc(CN2CCC(Nc3cc(C)ncn3)C2=O)cc1. The van der Waals surface area contributed by atoms with Crippen LogP contribution in [0.25, 0.3) is 0 Å². The molecule has 0 spiro atoms. The summed E-state index contributed by atoms with van der Waals surface area (Å²) in [7, 11) is 0. The molecule has 1 aromatic heterocycles. The first-order valence-corrected chi connectivity index (χ1v) is 7.51. The fraction of sp³-hybridized carbons (Fsp3) is 0.353. The Labute approximate surface area is 130 Å². The predicted molar refractivity (Wildman–Crippen MR) is 85.4 cm³/mol. The maximum absolute atomic E-state index is 12.5. The molecule has 1 saturated heterocycles. The molecule has 1 aromatic carbocycles. The number of aromatic nitrogens is 2. The summed E-state index contributed by atoms with van der Waals surface area (Å²) in [4.78, 5) is 22.6. The number of likely N-dealkylation sites (tertiary alicyclic amines) is 1. The van der Waals surface area contributed by atoms with Gasteiger partial charge in [-0.2, -0.15) is 0 Å². The Morgan fingerprint density at radius 3 is 2.73 bits per heavy atom. The quantitative estimate of drug-likeness (QED) is 0.940. The maximum atomic E-state index is 12.5. The summed E-state index contributed by atoms with van der Waals surface area (Å²) in [6, 6.07) is 9.98. The fourth-order valence-corrected chi connectivity index (χ4v) is 2.66. The smallest absolute Gasteiger partial charge is 0.245 e. The van der Waals surface area contributed by atoms with Crippen molar-refractivity contribution in [2.24, 2.45) is 0 Å². The van der Waals surface area contributed by atoms with Crippen LogP contribution in [0.15, 0.2) is 36.7 Å². The van der Waals surface area contributed by atoms with Crippen molar-refractivity contribution in [3.8, 4) is 0 Å². The molecule has 22 heavy (non-hydrogen) atoms. The molecule has 0 aliphatic carbocycles. The molecule has 3 rings (SSSR count). The highest BCUT2D eigenvalue weighted by Crippen LogP contribution is 2.18. The molecule has 1 aliphatic rings. The maximum Gasteiger partial charge on any atom is 0.245 e. The summed E-state index contributed by atoms with van der Waals surface area (Å²) < 4.78 is 0. The molecule has 5 nitrogen and oxygen atoms in total. The Hall–Kier alpha value is -2.43. The molecule has 0 bridgehead atoms. The van der Waals surface area contributed by atoms with E-state index in [1.165, 1.54) is 11.9 Å². The van der Waals surface area contributed by atoms with Gasteiger partial charge in [-0.05, 0) is 25.8 Å². The molecule has 114 valence electrons. The fourth-order valence-electron chi connectivity index (χ4n) is 2.66. The first-order chi connectivity index (χ1) is 10.6. The Bertz CT molecular complexity index is 669. The van der Waals surface area contributed by atoms with Gasteiger partial charge in [-0.15, -0.1) is 0 Å². The highest BCUT2D eigenvalue weighted by Gasteiger charge is 2.31. The number of nitrogens with one attached hydrogen (secondary N) is 1. The van der Waals surface area contributed by atoms with Gasteiger partial charge in [0.25, 0.3) is 0 Å². The van der Waals surface area contributed by atoms with E-state index in [4.69, 9.17) is 0 Å². The van der Waals surface area contributed by atoms with Gasteiger partial charge in [-0.25, -0.2) is 9.97 Å². The Morgan fingerprint density at radius 2 is 2.00 bits per heavy atom. The number of carbonyl (C=O) groups excluding carboxylic acids is 1. The van der Waals surface area contributed by atoms with Gasteiger partial charge < -0.3 is 10.2 Å². The molecule has 0 saturated carbocycles. The van der Waals surface area contributed by atoms with Crippen LogP contribution in [-0.2, 0) is 11.3 Å². The summed E-state index contributed by atoms with van der Waals surface area (Å²) in [5, 5.41) is 3.21. The van der Waals surface area contributed by atoms with Crippen LogP contribution < -0.4 is 5.32 Å². The van der Waals surface area contributed by atoms with Crippen molar-refractivity contribution in [2.45, 2.75) is 32.9 Å². The van der Waals surface area contributed by atoms with E-state index in [2.05, 4.69) is 46.5 Å². The van der Waals surface area contributed by atoms with Gasteiger partial charge >= 0.3 is 0 Å². The van der Waals surface area contributed by atoms with E-state index in [0.717, 1.165) is 24.2 Å². The average molecular weight is 296 g/mol. The first-order valence-electron chi connectivity index (χ1n) is 7.51. The Kier molecular flexibility index (Phi) is 4.04. The van der Waals surface area contributed by atoms with Gasteiger partial charge in [0.1, 0.15) is 18.2 Å². The Morgan fingerprint density at radius 1 is 1.23 bits per heavy atom. The van der Waals surface area contributed by atoms with Crippen LogP contribution in [0.2, 0.25) is 0 Å². The summed E-state index contributed by atoms with van der Waals surface area (Å²) in [6.45, 7) is 5.41. The van der Waals surface area contributed by atoms with Crippen LogP contribution in [0.4, 0.5) is 5.82 Å². The standard InChI is InChI=1S/C17H20N4O/c1-12-3-5-14(6-4-12)10-21-8-7-15(17(21)22)20-16-9-13(2)18-11-19-16/h3-6,9,11,15H,7-8,10H2,1-2H3,(H,18,19,20). The minimum Gasteiger partial charge on any atom is -0.358 e. The molecule has 1 fully saturated rings. The van der Waals surface area contributed by atoms with Crippen LogP contribution in [0, 0.1) is 13.8 Å². The van der Waals surface area contributed by atoms with Gasteiger partial charge in [-0.1, -0.05) is 29.8 Å². The molecule has 2 aromatic rings. The average Bonchev–Trinajstić information content (AvgIpc) is 2.83. The number of anilines is 1. The lowest BCUT2D eigenvalue weighted by Crippen LogP contribution is -2.33. The third-order valence-corrected chi connectivity index (χ3v) is 3.92. The molecular weight excluding hydrogens is 276 g/mol. The van der Waals surface area contributed by atoms with Crippen LogP contribution in [0.5, 0.6) is 0 Å². The summed E-state index contributed by atoms with van der Waals surface area (Å²) in [5.74, 6) is 0.847. The van der Waals surface area contributed by atoms with Crippen molar-refractivity contribution < 1.29 is 4.79 Å². The number of nitrogens with zero attached hydrogens (tertiary/aromatic N) is 3. The molecule has 1 amide bonds. The lowest BCUT2D eigenvalue weighted by atomic mass is 10.1. The van der Waals surface area contributed by atoms with E-state index < -0.39 is 0 Å². The van der Waals surface area contributed by atoms with Gasteiger partial charge in [0.2, 0.25) is 5.91 Å². The van der Waals surface area contributed by atoms with E-state index in [0.29, 0.717) is 12.4 Å². The number of amides is 1. The van der Waals surface area contributed by atoms with Gasteiger partial charge in [0, 0.05) is 24.8 Å². The molecule has 1 aliphatic heterocycles. The van der Waals surface area contributed by atoms with E-state index in [1.807, 2.05) is 17.9 Å². The van der Waals surface area contributed by atoms with Gasteiger partial charge in [0.15, 0.2) is 0 Å². The van der Waals surface area contributed by atoms with Crippen molar-refractivity contribution in [3.05, 3.63) is 53.5 Å². The highest BCUT2D eigenvalue weighted by molar-refractivity contribution is 5.86. The highest BCUT2D eigenvalue weighted by atomic mass is 16.2. The van der Waals surface area contributed by atoms with E-state index in [9.17, 15) is 4.79 Å². The summed E-state index contributed by atoms with van der Waals surface area (Å²) in [5.41, 5.74) is 3.28. The molecule has 5 heteroatoms. The number of hydrogen-bond donors (Lipinski definition) is 1. The molecule has 1 atom stereocenters. The van der Waals surface area contributed by atoms with Crippen molar-refractivity contribution in [2.75, 3.05) is 11.9 Å². The minimum absolute atomic E-state index is 0.136. The largest absolute Gasteiger partial charge is 0.358 e. The van der Waals surface area contributed by atoms with Crippen molar-refractivity contribution >= 4 is 11.7 Å². The van der Waals surface area contributed by atoms with Crippen molar-refractivity contribution in [1.29, 1.82) is 0 Å². The predicted octanol–water partition coefficient (Wildman–Crippen LogP) is 2.31. The molecule has 1 N–H and O–H groups in total. The normalized spacial score (nSPS) is 17.8. The van der Waals surface area contributed by atoms with Crippen molar-refractivity contribution in [1.82, 2.24) is 14.9 Å².